The molecule has 40 heavy (non-hydrogen) atoms. The topological polar surface area (TPSA) is 142 Å². The predicted octanol–water partition coefficient (Wildman–Crippen LogP) is 3.20. The van der Waals surface area contributed by atoms with Crippen molar-refractivity contribution < 1.29 is 18.0 Å². The number of urea groups is 1. The van der Waals surface area contributed by atoms with Crippen molar-refractivity contribution in [2.75, 3.05) is 44.9 Å². The molecule has 0 fully saturated rings. The zero-order valence-corrected chi connectivity index (χ0v) is 24.1. The molecule has 0 radical (unpaired) electrons. The summed E-state index contributed by atoms with van der Waals surface area (Å²) in [6.07, 6.45) is 1.50. The Morgan fingerprint density at radius 1 is 0.975 bits per heavy atom. The minimum Gasteiger partial charge on any atom is -0.388 e. The van der Waals surface area contributed by atoms with Gasteiger partial charge in [0.1, 0.15) is 4.21 Å². The van der Waals surface area contributed by atoms with E-state index in [0.717, 1.165) is 21.9 Å². The maximum atomic E-state index is 13.4. The Bertz CT molecular complexity index is 1730. The fourth-order valence-electron chi connectivity index (χ4n) is 3.95. The summed E-state index contributed by atoms with van der Waals surface area (Å²) in [5, 5.41) is 9.31. The molecular formula is C27H30N6O5S2. The summed E-state index contributed by atoms with van der Waals surface area (Å²) in [5.41, 5.74) is 1.55. The van der Waals surface area contributed by atoms with E-state index in [4.69, 9.17) is 0 Å². The average molecular weight is 583 g/mol. The van der Waals surface area contributed by atoms with E-state index in [1.165, 1.54) is 29.0 Å². The molecule has 210 valence electrons. The lowest BCUT2D eigenvalue weighted by atomic mass is 10.1. The number of pyridine rings is 1. The Hall–Kier alpha value is -4.20. The van der Waals surface area contributed by atoms with Crippen molar-refractivity contribution in [1.82, 2.24) is 19.5 Å². The second kappa shape index (κ2) is 11.9. The molecule has 0 aliphatic carbocycles. The molecule has 4 N–H and O–H groups in total. The van der Waals surface area contributed by atoms with Crippen molar-refractivity contribution in [1.29, 1.82) is 0 Å². The number of hydrogen-bond donors (Lipinski definition) is 4. The molecule has 4 aromatic rings. The van der Waals surface area contributed by atoms with Crippen LogP contribution in [0.4, 0.5) is 16.2 Å². The van der Waals surface area contributed by atoms with Gasteiger partial charge < -0.3 is 20.9 Å². The summed E-state index contributed by atoms with van der Waals surface area (Å²) in [7, 11) is 1.58. The van der Waals surface area contributed by atoms with Gasteiger partial charge in [-0.15, -0.1) is 11.3 Å². The second-order valence-electron chi connectivity index (χ2n) is 9.26. The van der Waals surface area contributed by atoms with Crippen molar-refractivity contribution in [3.63, 3.8) is 0 Å². The van der Waals surface area contributed by atoms with Gasteiger partial charge in [-0.3, -0.25) is 14.2 Å². The lowest BCUT2D eigenvalue weighted by Crippen LogP contribution is -2.34. The normalized spacial score (nSPS) is 11.4. The number of thiophene rings is 1. The number of hydrogen-bond acceptors (Lipinski definition) is 8. The quantitative estimate of drug-likeness (QED) is 0.237. The van der Waals surface area contributed by atoms with E-state index >= 15 is 0 Å². The number of amides is 3. The highest BCUT2D eigenvalue weighted by Crippen LogP contribution is 2.23. The van der Waals surface area contributed by atoms with Crippen molar-refractivity contribution >= 4 is 55.4 Å². The molecule has 0 atom stereocenters. The number of carbonyl (C=O) groups is 2. The molecule has 11 nitrogen and oxygen atoms in total. The lowest BCUT2D eigenvalue weighted by Gasteiger charge is -2.15. The minimum atomic E-state index is -4.00. The smallest absolute Gasteiger partial charge is 0.333 e. The Morgan fingerprint density at radius 2 is 1.68 bits per heavy atom. The first kappa shape index (κ1) is 28.8. The van der Waals surface area contributed by atoms with Gasteiger partial charge in [0.15, 0.2) is 0 Å². The van der Waals surface area contributed by atoms with Gasteiger partial charge in [0, 0.05) is 59.0 Å². The van der Waals surface area contributed by atoms with Crippen LogP contribution in [-0.4, -0.2) is 64.1 Å². The number of aromatic nitrogens is 1. The summed E-state index contributed by atoms with van der Waals surface area (Å²) >= 11 is 1.06. The van der Waals surface area contributed by atoms with E-state index in [-0.39, 0.29) is 15.7 Å². The monoisotopic (exact) mass is 582 g/mol. The molecule has 0 aliphatic heterocycles. The zero-order valence-electron chi connectivity index (χ0n) is 22.4. The van der Waals surface area contributed by atoms with E-state index in [0.29, 0.717) is 40.8 Å². The molecule has 3 amide bonds. The summed E-state index contributed by atoms with van der Waals surface area (Å²) in [6.45, 7) is 2.86. The fraction of sp³-hybridized carbons (Fsp3) is 0.222. The Balaban J connectivity index is 1.61. The van der Waals surface area contributed by atoms with Crippen molar-refractivity contribution in [2.24, 2.45) is 0 Å². The highest BCUT2D eigenvalue weighted by molar-refractivity contribution is 7.92. The molecule has 2 aromatic carbocycles. The van der Waals surface area contributed by atoms with Gasteiger partial charge in [-0.05, 0) is 75.6 Å². The van der Waals surface area contributed by atoms with Crippen LogP contribution in [0.1, 0.15) is 15.2 Å². The summed E-state index contributed by atoms with van der Waals surface area (Å²) < 4.78 is 28.2. The Kier molecular flexibility index (Phi) is 8.57. The van der Waals surface area contributed by atoms with Crippen LogP contribution in [0.3, 0.4) is 0 Å². The molecule has 0 saturated carbocycles. The van der Waals surface area contributed by atoms with Gasteiger partial charge in [0.25, 0.3) is 21.5 Å². The predicted molar refractivity (Wildman–Crippen MR) is 158 cm³/mol. The summed E-state index contributed by atoms with van der Waals surface area (Å²) in [4.78, 5) is 41.7. The first-order valence-electron chi connectivity index (χ1n) is 12.3. The van der Waals surface area contributed by atoms with Crippen LogP contribution < -0.4 is 26.2 Å². The number of anilines is 2. The number of likely N-dealkylation sites (N-methyl/N-ethyl adjacent to an activating group) is 1. The first-order chi connectivity index (χ1) is 19.0. The number of fused-ring (bicyclic) bond motifs is 1. The summed E-state index contributed by atoms with van der Waals surface area (Å²) in [5.74, 6) is -0.314. The molecule has 2 heterocycles. The number of benzene rings is 2. The van der Waals surface area contributed by atoms with Crippen LogP contribution in [0.5, 0.6) is 0 Å². The van der Waals surface area contributed by atoms with Crippen LogP contribution in [0, 0.1) is 6.92 Å². The second-order valence-corrected chi connectivity index (χ2v) is 12.5. The van der Waals surface area contributed by atoms with Crippen LogP contribution in [0.25, 0.3) is 16.5 Å². The number of nitrogens with zero attached hydrogens (tertiary/aromatic N) is 2. The highest BCUT2D eigenvalue weighted by Gasteiger charge is 2.20. The molecule has 0 unspecified atom stereocenters. The average Bonchev–Trinajstić information content (AvgIpc) is 3.36. The number of aryl methyl sites for hydroxylation is 1. The van der Waals surface area contributed by atoms with E-state index in [9.17, 15) is 22.8 Å². The Morgan fingerprint density at radius 3 is 2.30 bits per heavy atom. The van der Waals surface area contributed by atoms with Crippen LogP contribution in [-0.2, 0) is 10.0 Å². The number of nitrogens with one attached hydrogen (secondary N) is 4. The third kappa shape index (κ3) is 6.50. The lowest BCUT2D eigenvalue weighted by molar-refractivity contribution is 0.0952. The van der Waals surface area contributed by atoms with Crippen LogP contribution in [0.2, 0.25) is 0 Å². The minimum absolute atomic E-state index is 0.0366. The van der Waals surface area contributed by atoms with Crippen LogP contribution >= 0.6 is 11.3 Å². The van der Waals surface area contributed by atoms with E-state index < -0.39 is 16.1 Å². The SMILES string of the molecule is CNc1ccc2c(=O)n(-c3ccc(NC(=O)NS(=O)(=O)c4ccc(C)s4)cc3)cc(C(=O)NCCN(C)C)c2c1. The van der Waals surface area contributed by atoms with E-state index in [1.54, 1.807) is 50.4 Å². The van der Waals surface area contributed by atoms with E-state index in [1.807, 2.05) is 23.7 Å². The zero-order chi connectivity index (χ0) is 29.0. The third-order valence-corrected chi connectivity index (χ3v) is 8.83. The standard InChI is InChI=1S/C27H30N6O5S2/c1-17-5-12-24(39-17)40(37,38)31-27(36)30-18-6-9-20(10-7-18)33-16-23(25(34)29-13-14-32(3)4)22-15-19(28-2)8-11-21(22)26(33)35/h5-12,15-16,28H,13-14H2,1-4H3,(H,29,34)(H2,30,31,36). The van der Waals surface area contributed by atoms with Crippen LogP contribution in [0.15, 0.2) is 69.8 Å². The van der Waals surface area contributed by atoms with Crippen molar-refractivity contribution in [3.05, 3.63) is 81.6 Å². The van der Waals surface area contributed by atoms with Gasteiger partial charge in [0.2, 0.25) is 0 Å². The molecule has 0 spiro atoms. The maximum Gasteiger partial charge on any atom is 0.333 e. The van der Waals surface area contributed by atoms with E-state index in [2.05, 4.69) is 16.0 Å². The molecule has 2 aromatic heterocycles. The number of carbonyl (C=O) groups excluding carboxylic acids is 2. The van der Waals surface area contributed by atoms with Gasteiger partial charge in [-0.25, -0.2) is 17.9 Å². The van der Waals surface area contributed by atoms with Crippen molar-refractivity contribution in [2.45, 2.75) is 11.1 Å². The first-order valence-corrected chi connectivity index (χ1v) is 14.6. The molecule has 4 rings (SSSR count). The van der Waals surface area contributed by atoms with Gasteiger partial charge >= 0.3 is 6.03 Å². The molecular weight excluding hydrogens is 552 g/mol. The van der Waals surface area contributed by atoms with Gasteiger partial charge in [0.05, 0.1) is 5.56 Å². The van der Waals surface area contributed by atoms with Gasteiger partial charge in [-0.1, -0.05) is 0 Å². The number of sulfonamides is 1. The molecule has 0 bridgehead atoms. The summed E-state index contributed by atoms with van der Waals surface area (Å²) in [6, 6.07) is 13.6. The molecule has 0 aliphatic rings. The highest BCUT2D eigenvalue weighted by atomic mass is 32.2. The Labute approximate surface area is 235 Å². The van der Waals surface area contributed by atoms with Gasteiger partial charge in [-0.2, -0.15) is 0 Å². The third-order valence-electron chi connectivity index (χ3n) is 6.01. The number of rotatable bonds is 9. The van der Waals surface area contributed by atoms with Crippen molar-refractivity contribution in [3.8, 4) is 5.69 Å². The molecule has 0 saturated heterocycles. The molecule has 13 heteroatoms. The fourth-order valence-corrected chi connectivity index (χ4v) is 6.14. The largest absolute Gasteiger partial charge is 0.388 e. The maximum absolute atomic E-state index is 13.4.